The average molecular weight is 328 g/mol. The highest BCUT2D eigenvalue weighted by atomic mass is 32.1. The average Bonchev–Trinajstić information content (AvgIpc) is 3.29. The van der Waals surface area contributed by atoms with Gasteiger partial charge in [-0.2, -0.15) is 11.3 Å². The van der Waals surface area contributed by atoms with Gasteiger partial charge in [0.2, 0.25) is 0 Å². The number of nitrogens with zero attached hydrogens (tertiary/aromatic N) is 1. The zero-order chi connectivity index (χ0) is 15.8. The minimum Gasteiger partial charge on any atom is -0.338 e. The Labute approximate surface area is 139 Å². The molecule has 2 aromatic rings. The summed E-state index contributed by atoms with van der Waals surface area (Å²) >= 11 is 1.72. The first-order valence-corrected chi connectivity index (χ1v) is 9.21. The Morgan fingerprint density at radius 3 is 2.48 bits per heavy atom. The van der Waals surface area contributed by atoms with Crippen molar-refractivity contribution in [3.63, 3.8) is 0 Å². The van der Waals surface area contributed by atoms with Gasteiger partial charge < -0.3 is 9.88 Å². The summed E-state index contributed by atoms with van der Waals surface area (Å²) in [6.07, 6.45) is 4.22. The molecule has 1 aliphatic heterocycles. The van der Waals surface area contributed by atoms with Crippen molar-refractivity contribution in [2.45, 2.75) is 37.5 Å². The van der Waals surface area contributed by atoms with E-state index in [9.17, 15) is 9.59 Å². The van der Waals surface area contributed by atoms with Crippen molar-refractivity contribution in [3.8, 4) is 0 Å². The third-order valence-corrected chi connectivity index (χ3v) is 5.68. The van der Waals surface area contributed by atoms with E-state index in [2.05, 4.69) is 21.8 Å². The fourth-order valence-corrected chi connectivity index (χ4v) is 4.13. The highest BCUT2D eigenvalue weighted by Gasteiger charge is 2.28. The number of likely N-dealkylation sites (tertiary alicyclic amines) is 1. The predicted octanol–water partition coefficient (Wildman–Crippen LogP) is 3.33. The molecule has 4 rings (SSSR count). The smallest absolute Gasteiger partial charge is 0.261 e. The molecule has 1 aliphatic carbocycles. The molecule has 2 aliphatic rings. The van der Waals surface area contributed by atoms with Crippen LogP contribution in [0, 0.1) is 0 Å². The van der Waals surface area contributed by atoms with Crippen molar-refractivity contribution in [3.05, 3.63) is 56.1 Å². The van der Waals surface area contributed by atoms with Crippen molar-refractivity contribution in [2.24, 2.45) is 0 Å². The second-order valence-electron chi connectivity index (χ2n) is 6.55. The number of hydrogen-bond donors (Lipinski definition) is 1. The number of hydrogen-bond acceptors (Lipinski definition) is 3. The molecule has 23 heavy (non-hydrogen) atoms. The van der Waals surface area contributed by atoms with Gasteiger partial charge in [0.15, 0.2) is 0 Å². The van der Waals surface area contributed by atoms with E-state index < -0.39 is 0 Å². The topological polar surface area (TPSA) is 53.2 Å². The maximum atomic E-state index is 12.6. The molecule has 0 atom stereocenters. The normalized spacial score (nSPS) is 19.0. The molecule has 0 unspecified atom stereocenters. The summed E-state index contributed by atoms with van der Waals surface area (Å²) in [5.41, 5.74) is 2.40. The zero-order valence-corrected chi connectivity index (χ0v) is 13.8. The van der Waals surface area contributed by atoms with Gasteiger partial charge in [-0.1, -0.05) is 0 Å². The molecule has 1 saturated heterocycles. The molecule has 3 heterocycles. The summed E-state index contributed by atoms with van der Waals surface area (Å²) in [4.78, 5) is 29.5. The molecule has 0 aromatic carbocycles. The SMILES string of the molecule is O=C(c1ccc(C2CC2)[nH]c1=O)N1CCC(c2ccsc2)CC1. The molecule has 5 heteroatoms. The van der Waals surface area contributed by atoms with Gasteiger partial charge in [-0.15, -0.1) is 0 Å². The lowest BCUT2D eigenvalue weighted by Gasteiger charge is -2.31. The number of nitrogens with one attached hydrogen (secondary N) is 1. The number of pyridine rings is 1. The van der Waals surface area contributed by atoms with E-state index in [-0.39, 0.29) is 17.0 Å². The summed E-state index contributed by atoms with van der Waals surface area (Å²) < 4.78 is 0. The Kier molecular flexibility index (Phi) is 3.81. The number of rotatable bonds is 3. The molecule has 1 N–H and O–H groups in total. The van der Waals surface area contributed by atoms with Gasteiger partial charge in [0, 0.05) is 18.8 Å². The van der Waals surface area contributed by atoms with Crippen LogP contribution in [0.15, 0.2) is 33.8 Å². The monoisotopic (exact) mass is 328 g/mol. The lowest BCUT2D eigenvalue weighted by Crippen LogP contribution is -2.40. The van der Waals surface area contributed by atoms with Crippen LogP contribution in [-0.2, 0) is 0 Å². The first kappa shape index (κ1) is 14.7. The molecule has 0 spiro atoms. The molecule has 4 nitrogen and oxygen atoms in total. The maximum absolute atomic E-state index is 12.6. The number of amides is 1. The lowest BCUT2D eigenvalue weighted by molar-refractivity contribution is 0.0711. The van der Waals surface area contributed by atoms with Gasteiger partial charge in [0.1, 0.15) is 5.56 Å². The molecular formula is C18H20N2O2S. The van der Waals surface area contributed by atoms with Crippen molar-refractivity contribution < 1.29 is 4.79 Å². The van der Waals surface area contributed by atoms with Crippen LogP contribution in [0.1, 0.15) is 59.1 Å². The van der Waals surface area contributed by atoms with E-state index in [1.807, 2.05) is 11.0 Å². The van der Waals surface area contributed by atoms with Gasteiger partial charge in [-0.3, -0.25) is 9.59 Å². The number of thiophene rings is 1. The van der Waals surface area contributed by atoms with Crippen molar-refractivity contribution in [1.82, 2.24) is 9.88 Å². The minimum absolute atomic E-state index is 0.127. The molecule has 1 saturated carbocycles. The van der Waals surface area contributed by atoms with Crippen LogP contribution in [0.5, 0.6) is 0 Å². The van der Waals surface area contributed by atoms with Crippen molar-refractivity contribution in [2.75, 3.05) is 13.1 Å². The standard InChI is InChI=1S/C18H20N2O2S/c21-17-15(3-4-16(19-17)13-1-2-13)18(22)20-8-5-12(6-9-20)14-7-10-23-11-14/h3-4,7,10-13H,1-2,5-6,8-9H2,(H,19,21). The Morgan fingerprint density at radius 2 is 1.87 bits per heavy atom. The van der Waals surface area contributed by atoms with E-state index in [1.165, 1.54) is 5.56 Å². The van der Waals surface area contributed by atoms with Gasteiger partial charge >= 0.3 is 0 Å². The first-order valence-electron chi connectivity index (χ1n) is 8.27. The molecule has 1 amide bonds. The van der Waals surface area contributed by atoms with E-state index in [4.69, 9.17) is 0 Å². The summed E-state index contributed by atoms with van der Waals surface area (Å²) in [6, 6.07) is 5.79. The molecule has 120 valence electrons. The van der Waals surface area contributed by atoms with Crippen LogP contribution in [-0.4, -0.2) is 28.9 Å². The number of carbonyl (C=O) groups is 1. The second kappa shape index (κ2) is 5.96. The fraction of sp³-hybridized carbons (Fsp3) is 0.444. The van der Waals surface area contributed by atoms with Crippen molar-refractivity contribution in [1.29, 1.82) is 0 Å². The number of carbonyl (C=O) groups excluding carboxylic acids is 1. The Morgan fingerprint density at radius 1 is 1.09 bits per heavy atom. The predicted molar refractivity (Wildman–Crippen MR) is 91.2 cm³/mol. The fourth-order valence-electron chi connectivity index (χ4n) is 3.38. The van der Waals surface area contributed by atoms with Crippen LogP contribution in [0.4, 0.5) is 0 Å². The van der Waals surface area contributed by atoms with Crippen LogP contribution in [0.3, 0.4) is 0 Å². The Hall–Kier alpha value is -1.88. The molecule has 0 bridgehead atoms. The minimum atomic E-state index is -0.237. The number of aromatic amines is 1. The molecular weight excluding hydrogens is 308 g/mol. The largest absolute Gasteiger partial charge is 0.338 e. The van der Waals surface area contributed by atoms with Gasteiger partial charge in [0.25, 0.3) is 11.5 Å². The van der Waals surface area contributed by atoms with Gasteiger partial charge in [0.05, 0.1) is 0 Å². The maximum Gasteiger partial charge on any atom is 0.261 e. The highest BCUT2D eigenvalue weighted by molar-refractivity contribution is 7.07. The third-order valence-electron chi connectivity index (χ3n) is 4.98. The summed E-state index contributed by atoms with van der Waals surface area (Å²) in [5.74, 6) is 0.909. The van der Waals surface area contributed by atoms with Crippen molar-refractivity contribution >= 4 is 17.2 Å². The summed E-state index contributed by atoms with van der Waals surface area (Å²) in [5, 5.41) is 4.30. The number of H-pyrrole nitrogens is 1. The van der Waals surface area contributed by atoms with E-state index >= 15 is 0 Å². The van der Waals surface area contributed by atoms with Gasteiger partial charge in [-0.05, 0) is 72.0 Å². The Balaban J connectivity index is 1.44. The number of piperidine rings is 1. The Bertz CT molecular complexity index is 754. The highest BCUT2D eigenvalue weighted by Crippen LogP contribution is 2.38. The van der Waals surface area contributed by atoms with Crippen LogP contribution in [0.25, 0.3) is 0 Å². The van der Waals surface area contributed by atoms with E-state index in [0.29, 0.717) is 11.8 Å². The number of aromatic nitrogens is 1. The second-order valence-corrected chi connectivity index (χ2v) is 7.33. The van der Waals surface area contributed by atoms with Crippen LogP contribution < -0.4 is 5.56 Å². The van der Waals surface area contributed by atoms with Crippen LogP contribution in [0.2, 0.25) is 0 Å². The summed E-state index contributed by atoms with van der Waals surface area (Å²) in [7, 11) is 0. The van der Waals surface area contributed by atoms with Gasteiger partial charge in [-0.25, -0.2) is 0 Å². The molecule has 0 radical (unpaired) electrons. The van der Waals surface area contributed by atoms with Crippen LogP contribution >= 0.6 is 11.3 Å². The van der Waals surface area contributed by atoms with E-state index in [0.717, 1.165) is 44.5 Å². The quantitative estimate of drug-likeness (QED) is 0.939. The molecule has 2 fully saturated rings. The summed E-state index contributed by atoms with van der Waals surface area (Å²) in [6.45, 7) is 1.45. The molecule has 2 aromatic heterocycles. The lowest BCUT2D eigenvalue weighted by atomic mass is 9.91. The zero-order valence-electron chi connectivity index (χ0n) is 13.0. The third kappa shape index (κ3) is 2.98. The van der Waals surface area contributed by atoms with E-state index in [1.54, 1.807) is 17.4 Å². The first-order chi connectivity index (χ1) is 11.2.